The average Bonchev–Trinajstić information content (AvgIpc) is 3.10. The Balaban J connectivity index is 1.55. The Kier molecular flexibility index (Phi) is 4.75. The summed E-state index contributed by atoms with van der Waals surface area (Å²) in [6.45, 7) is 3.17. The van der Waals surface area contributed by atoms with E-state index in [0.29, 0.717) is 17.9 Å². The predicted octanol–water partition coefficient (Wildman–Crippen LogP) is 1.03. The van der Waals surface area contributed by atoms with Crippen molar-refractivity contribution in [3.63, 3.8) is 0 Å². The number of carbonyl (C=O) groups is 4. The van der Waals surface area contributed by atoms with Crippen molar-refractivity contribution in [3.05, 3.63) is 36.0 Å². The molecule has 0 unspecified atom stereocenters. The molecule has 1 saturated heterocycles. The molecular formula is C18H20N4O4. The van der Waals surface area contributed by atoms with Gasteiger partial charge in [0.15, 0.2) is 0 Å². The Morgan fingerprint density at radius 3 is 2.58 bits per heavy atom. The number of benzene rings is 1. The van der Waals surface area contributed by atoms with Gasteiger partial charge in [-0.25, -0.2) is 9.69 Å². The number of hydrogen-bond acceptors (Lipinski definition) is 4. The highest BCUT2D eigenvalue weighted by atomic mass is 16.2. The summed E-state index contributed by atoms with van der Waals surface area (Å²) >= 11 is 0. The van der Waals surface area contributed by atoms with Crippen LogP contribution in [0.4, 0.5) is 4.79 Å². The summed E-state index contributed by atoms with van der Waals surface area (Å²) in [5.41, 5.74) is 2.09. The number of para-hydroxylation sites is 1. The number of amides is 5. The van der Waals surface area contributed by atoms with Gasteiger partial charge in [0.25, 0.3) is 0 Å². The van der Waals surface area contributed by atoms with E-state index in [9.17, 15) is 19.2 Å². The van der Waals surface area contributed by atoms with Crippen molar-refractivity contribution in [1.29, 1.82) is 0 Å². The van der Waals surface area contributed by atoms with Gasteiger partial charge in [0.2, 0.25) is 5.91 Å². The third-order valence-electron chi connectivity index (χ3n) is 4.29. The predicted molar refractivity (Wildman–Crippen MR) is 94.1 cm³/mol. The molecule has 0 atom stereocenters. The minimum absolute atomic E-state index is 0.360. The van der Waals surface area contributed by atoms with Gasteiger partial charge in [0, 0.05) is 29.7 Å². The van der Waals surface area contributed by atoms with E-state index < -0.39 is 36.3 Å². The third kappa shape index (κ3) is 3.17. The topological polar surface area (TPSA) is 103 Å². The second-order valence-corrected chi connectivity index (χ2v) is 6.40. The van der Waals surface area contributed by atoms with E-state index in [1.54, 1.807) is 13.8 Å². The second-order valence-electron chi connectivity index (χ2n) is 6.40. The highest BCUT2D eigenvalue weighted by Gasteiger charge is 2.46. The average molecular weight is 356 g/mol. The largest absolute Gasteiger partial charge is 0.361 e. The first-order valence-corrected chi connectivity index (χ1v) is 8.41. The quantitative estimate of drug-likeness (QED) is 0.596. The molecule has 1 aliphatic heterocycles. The lowest BCUT2D eigenvalue weighted by Crippen LogP contribution is -2.42. The SMILES string of the molecule is CC(C)N1C(=O)C(=O)N(CC(=O)NCCc2c[nH]c3ccccc23)C1=O. The molecular weight excluding hydrogens is 336 g/mol. The van der Waals surface area contributed by atoms with Crippen molar-refractivity contribution in [2.45, 2.75) is 26.3 Å². The van der Waals surface area contributed by atoms with Gasteiger partial charge in [-0.15, -0.1) is 0 Å². The molecule has 8 heteroatoms. The zero-order valence-corrected chi connectivity index (χ0v) is 14.6. The molecule has 0 radical (unpaired) electrons. The van der Waals surface area contributed by atoms with E-state index >= 15 is 0 Å². The monoisotopic (exact) mass is 356 g/mol. The number of nitrogens with one attached hydrogen (secondary N) is 2. The van der Waals surface area contributed by atoms with Crippen LogP contribution in [-0.2, 0) is 20.8 Å². The minimum atomic E-state index is -0.963. The molecule has 1 aliphatic rings. The summed E-state index contributed by atoms with van der Waals surface area (Å²) in [5.74, 6) is -2.34. The second kappa shape index (κ2) is 6.99. The molecule has 0 aliphatic carbocycles. The summed E-state index contributed by atoms with van der Waals surface area (Å²) < 4.78 is 0. The van der Waals surface area contributed by atoms with E-state index in [2.05, 4.69) is 10.3 Å². The number of nitrogens with zero attached hydrogens (tertiary/aromatic N) is 2. The molecule has 2 aromatic rings. The van der Waals surface area contributed by atoms with Crippen LogP contribution in [0.15, 0.2) is 30.5 Å². The first kappa shape index (κ1) is 17.7. The van der Waals surface area contributed by atoms with Crippen molar-refractivity contribution in [2.24, 2.45) is 0 Å². The summed E-state index contributed by atoms with van der Waals surface area (Å²) in [6.07, 6.45) is 2.50. The van der Waals surface area contributed by atoms with Crippen molar-refractivity contribution in [2.75, 3.05) is 13.1 Å². The maximum atomic E-state index is 12.1. The van der Waals surface area contributed by atoms with E-state index in [4.69, 9.17) is 0 Å². The molecule has 1 fully saturated rings. The van der Waals surface area contributed by atoms with Crippen LogP contribution in [0.2, 0.25) is 0 Å². The number of carbonyl (C=O) groups excluding carboxylic acids is 4. The zero-order valence-electron chi connectivity index (χ0n) is 14.6. The van der Waals surface area contributed by atoms with Crippen LogP contribution < -0.4 is 5.32 Å². The molecule has 26 heavy (non-hydrogen) atoms. The lowest BCUT2D eigenvalue weighted by Gasteiger charge is -2.18. The number of fused-ring (bicyclic) bond motifs is 1. The summed E-state index contributed by atoms with van der Waals surface area (Å²) in [5, 5.41) is 3.77. The molecule has 1 aromatic heterocycles. The minimum Gasteiger partial charge on any atom is -0.361 e. The van der Waals surface area contributed by atoms with Crippen LogP contribution in [0.1, 0.15) is 19.4 Å². The normalized spacial score (nSPS) is 14.8. The summed E-state index contributed by atoms with van der Waals surface area (Å²) in [6, 6.07) is 6.67. The van der Waals surface area contributed by atoms with Crippen LogP contribution >= 0.6 is 0 Å². The van der Waals surface area contributed by atoms with Gasteiger partial charge in [0.05, 0.1) is 0 Å². The number of aromatic nitrogens is 1. The standard InChI is InChI=1S/C18H20N4O4/c1-11(2)22-17(25)16(24)21(18(22)26)10-15(23)19-8-7-12-9-20-14-6-4-3-5-13(12)14/h3-6,9,11,20H,7-8,10H2,1-2H3,(H,19,23). The smallest absolute Gasteiger partial charge is 0.334 e. The molecule has 5 amide bonds. The number of hydrogen-bond donors (Lipinski definition) is 2. The fourth-order valence-corrected chi connectivity index (χ4v) is 2.99. The van der Waals surface area contributed by atoms with Gasteiger partial charge in [-0.2, -0.15) is 0 Å². The van der Waals surface area contributed by atoms with E-state index in [-0.39, 0.29) is 0 Å². The Morgan fingerprint density at radius 1 is 1.15 bits per heavy atom. The van der Waals surface area contributed by atoms with E-state index in [1.165, 1.54) is 0 Å². The molecule has 0 bridgehead atoms. The number of H-pyrrole nitrogens is 1. The lowest BCUT2D eigenvalue weighted by atomic mass is 10.1. The number of imide groups is 2. The van der Waals surface area contributed by atoms with Gasteiger partial charge in [-0.1, -0.05) is 18.2 Å². The maximum Gasteiger partial charge on any atom is 0.334 e. The Hall–Kier alpha value is -3.16. The third-order valence-corrected chi connectivity index (χ3v) is 4.29. The van der Waals surface area contributed by atoms with Gasteiger partial charge in [-0.05, 0) is 31.9 Å². The first-order valence-electron chi connectivity index (χ1n) is 8.41. The van der Waals surface area contributed by atoms with Gasteiger partial charge >= 0.3 is 17.8 Å². The Morgan fingerprint density at radius 2 is 1.88 bits per heavy atom. The van der Waals surface area contributed by atoms with Crippen LogP contribution in [0.3, 0.4) is 0 Å². The van der Waals surface area contributed by atoms with Crippen LogP contribution in [0.25, 0.3) is 10.9 Å². The lowest BCUT2D eigenvalue weighted by molar-refractivity contribution is -0.144. The fraction of sp³-hybridized carbons (Fsp3) is 0.333. The zero-order chi connectivity index (χ0) is 18.8. The number of aromatic amines is 1. The molecule has 1 aromatic carbocycles. The molecule has 3 rings (SSSR count). The fourth-order valence-electron chi connectivity index (χ4n) is 2.99. The van der Waals surface area contributed by atoms with Gasteiger partial charge < -0.3 is 10.3 Å². The summed E-state index contributed by atoms with van der Waals surface area (Å²) in [7, 11) is 0. The van der Waals surface area contributed by atoms with E-state index in [1.807, 2.05) is 30.5 Å². The highest BCUT2D eigenvalue weighted by Crippen LogP contribution is 2.18. The van der Waals surface area contributed by atoms with Crippen molar-refractivity contribution in [3.8, 4) is 0 Å². The Labute approximate surface area is 150 Å². The number of urea groups is 1. The molecule has 0 saturated carbocycles. The molecule has 136 valence electrons. The summed E-state index contributed by atoms with van der Waals surface area (Å²) in [4.78, 5) is 52.6. The molecule has 8 nitrogen and oxygen atoms in total. The van der Waals surface area contributed by atoms with Crippen molar-refractivity contribution in [1.82, 2.24) is 20.1 Å². The van der Waals surface area contributed by atoms with Crippen LogP contribution in [0, 0.1) is 0 Å². The number of rotatable bonds is 6. The molecule has 2 N–H and O–H groups in total. The molecule has 2 heterocycles. The van der Waals surface area contributed by atoms with Gasteiger partial charge in [-0.3, -0.25) is 19.3 Å². The molecule has 0 spiro atoms. The van der Waals surface area contributed by atoms with Crippen LogP contribution in [0.5, 0.6) is 0 Å². The highest BCUT2D eigenvalue weighted by molar-refractivity contribution is 6.45. The van der Waals surface area contributed by atoms with Crippen molar-refractivity contribution >= 4 is 34.7 Å². The van der Waals surface area contributed by atoms with Crippen molar-refractivity contribution < 1.29 is 19.2 Å². The first-order chi connectivity index (χ1) is 12.4. The van der Waals surface area contributed by atoms with Crippen LogP contribution in [-0.4, -0.2) is 57.7 Å². The van der Waals surface area contributed by atoms with E-state index in [0.717, 1.165) is 21.4 Å². The Bertz CT molecular complexity index is 886. The maximum absolute atomic E-state index is 12.1. The van der Waals surface area contributed by atoms with Gasteiger partial charge in [0.1, 0.15) is 6.54 Å².